The average molecular weight is 312 g/mol. The zero-order valence-corrected chi connectivity index (χ0v) is 12.0. The SMILES string of the molecule is COc1cc(Br)c(-c2c(N)n[nH]c2C)cc1OC. The van der Waals surface area contributed by atoms with Crippen molar-refractivity contribution < 1.29 is 9.47 Å². The van der Waals surface area contributed by atoms with Gasteiger partial charge < -0.3 is 15.2 Å². The zero-order valence-electron chi connectivity index (χ0n) is 10.4. The van der Waals surface area contributed by atoms with Crippen molar-refractivity contribution in [3.8, 4) is 22.6 Å². The molecule has 0 bridgehead atoms. The second-order valence-corrected chi connectivity index (χ2v) is 4.65. The molecule has 2 aromatic rings. The smallest absolute Gasteiger partial charge is 0.161 e. The molecule has 3 N–H and O–H groups in total. The number of nitrogen functional groups attached to an aromatic ring is 1. The fraction of sp³-hybridized carbons (Fsp3) is 0.250. The van der Waals surface area contributed by atoms with Gasteiger partial charge in [-0.15, -0.1) is 0 Å². The quantitative estimate of drug-likeness (QED) is 0.914. The molecule has 0 radical (unpaired) electrons. The first kappa shape index (κ1) is 12.8. The Morgan fingerprint density at radius 2 is 1.83 bits per heavy atom. The normalized spacial score (nSPS) is 10.4. The number of aromatic nitrogens is 2. The van der Waals surface area contributed by atoms with Crippen molar-refractivity contribution in [3.05, 3.63) is 22.3 Å². The molecule has 96 valence electrons. The maximum absolute atomic E-state index is 5.87. The van der Waals surface area contributed by atoms with Crippen molar-refractivity contribution in [2.75, 3.05) is 20.0 Å². The molecule has 1 aromatic carbocycles. The molecule has 5 nitrogen and oxygen atoms in total. The Labute approximate surface area is 113 Å². The molecule has 18 heavy (non-hydrogen) atoms. The van der Waals surface area contributed by atoms with Crippen LogP contribution in [0.15, 0.2) is 16.6 Å². The predicted molar refractivity (Wildman–Crippen MR) is 74.0 cm³/mol. The molecule has 2 rings (SSSR count). The molecule has 1 aromatic heterocycles. The van der Waals surface area contributed by atoms with Gasteiger partial charge in [0.15, 0.2) is 17.3 Å². The number of aryl methyl sites for hydroxylation is 1. The van der Waals surface area contributed by atoms with Gasteiger partial charge in [-0.3, -0.25) is 5.10 Å². The van der Waals surface area contributed by atoms with Gasteiger partial charge in [0.1, 0.15) is 0 Å². The largest absolute Gasteiger partial charge is 0.493 e. The number of methoxy groups -OCH3 is 2. The Kier molecular flexibility index (Phi) is 3.47. The fourth-order valence-electron chi connectivity index (χ4n) is 1.83. The van der Waals surface area contributed by atoms with Crippen molar-refractivity contribution in [2.24, 2.45) is 0 Å². The Bertz CT molecular complexity index is 561. The van der Waals surface area contributed by atoms with Crippen LogP contribution in [0.4, 0.5) is 5.82 Å². The monoisotopic (exact) mass is 311 g/mol. The first-order chi connectivity index (χ1) is 8.58. The van der Waals surface area contributed by atoms with Crippen LogP contribution in [0.3, 0.4) is 0 Å². The van der Waals surface area contributed by atoms with E-state index in [1.807, 2.05) is 19.1 Å². The van der Waals surface area contributed by atoms with Crippen LogP contribution < -0.4 is 15.2 Å². The maximum Gasteiger partial charge on any atom is 0.161 e. The van der Waals surface area contributed by atoms with Crippen LogP contribution in [0.2, 0.25) is 0 Å². The van der Waals surface area contributed by atoms with Gasteiger partial charge in [0, 0.05) is 21.3 Å². The van der Waals surface area contributed by atoms with Crippen LogP contribution in [-0.4, -0.2) is 24.4 Å². The molecule has 0 atom stereocenters. The van der Waals surface area contributed by atoms with Gasteiger partial charge in [-0.05, 0) is 19.1 Å². The fourth-order valence-corrected chi connectivity index (χ4v) is 2.35. The lowest BCUT2D eigenvalue weighted by atomic mass is 10.1. The topological polar surface area (TPSA) is 73.2 Å². The number of nitrogens with two attached hydrogens (primary N) is 1. The summed E-state index contributed by atoms with van der Waals surface area (Å²) in [5.74, 6) is 1.77. The maximum atomic E-state index is 5.87. The van der Waals surface area contributed by atoms with Gasteiger partial charge in [0.2, 0.25) is 0 Å². The molecule has 6 heteroatoms. The summed E-state index contributed by atoms with van der Waals surface area (Å²) in [6, 6.07) is 3.72. The van der Waals surface area contributed by atoms with E-state index in [0.717, 1.165) is 21.3 Å². The third-order valence-corrected chi connectivity index (χ3v) is 3.37. The molecule has 0 saturated carbocycles. The molecule has 0 spiro atoms. The molecule has 0 aliphatic rings. The van der Waals surface area contributed by atoms with Crippen molar-refractivity contribution >= 4 is 21.7 Å². The Hall–Kier alpha value is -1.69. The molecule has 0 aliphatic carbocycles. The second kappa shape index (κ2) is 4.89. The third kappa shape index (κ3) is 2.03. The number of anilines is 1. The van der Waals surface area contributed by atoms with Crippen LogP contribution in [0.25, 0.3) is 11.1 Å². The number of ether oxygens (including phenoxy) is 2. The molecule has 0 fully saturated rings. The van der Waals surface area contributed by atoms with Crippen LogP contribution in [-0.2, 0) is 0 Å². The van der Waals surface area contributed by atoms with Crippen LogP contribution in [0.5, 0.6) is 11.5 Å². The zero-order chi connectivity index (χ0) is 13.3. The number of H-pyrrole nitrogens is 1. The second-order valence-electron chi connectivity index (χ2n) is 3.80. The summed E-state index contributed by atoms with van der Waals surface area (Å²) < 4.78 is 11.4. The number of hydrogen-bond acceptors (Lipinski definition) is 4. The van der Waals surface area contributed by atoms with E-state index in [1.165, 1.54) is 0 Å². The lowest BCUT2D eigenvalue weighted by Gasteiger charge is -2.12. The summed E-state index contributed by atoms with van der Waals surface area (Å²) in [7, 11) is 3.20. The Morgan fingerprint density at radius 1 is 1.22 bits per heavy atom. The molecular formula is C12H14BrN3O2. The lowest BCUT2D eigenvalue weighted by molar-refractivity contribution is 0.355. The minimum atomic E-state index is 0.459. The van der Waals surface area contributed by atoms with Crippen molar-refractivity contribution in [1.82, 2.24) is 10.2 Å². The van der Waals surface area contributed by atoms with Crippen molar-refractivity contribution in [3.63, 3.8) is 0 Å². The third-order valence-electron chi connectivity index (χ3n) is 2.72. The van der Waals surface area contributed by atoms with Gasteiger partial charge >= 0.3 is 0 Å². The van der Waals surface area contributed by atoms with E-state index in [2.05, 4.69) is 26.1 Å². The average Bonchev–Trinajstić information content (AvgIpc) is 2.69. The minimum absolute atomic E-state index is 0.459. The molecule has 0 aliphatic heterocycles. The highest BCUT2D eigenvalue weighted by molar-refractivity contribution is 9.10. The van der Waals surface area contributed by atoms with E-state index >= 15 is 0 Å². The van der Waals surface area contributed by atoms with Crippen LogP contribution in [0, 0.1) is 6.92 Å². The Balaban J connectivity index is 2.65. The summed E-state index contributed by atoms with van der Waals surface area (Å²) in [5, 5.41) is 6.85. The summed E-state index contributed by atoms with van der Waals surface area (Å²) in [5.41, 5.74) is 8.55. The lowest BCUT2D eigenvalue weighted by Crippen LogP contribution is -1.94. The first-order valence-corrected chi connectivity index (χ1v) is 6.10. The highest BCUT2D eigenvalue weighted by Gasteiger charge is 2.16. The summed E-state index contributed by atoms with van der Waals surface area (Å²) in [6.07, 6.45) is 0. The minimum Gasteiger partial charge on any atom is -0.493 e. The molecule has 0 amide bonds. The van der Waals surface area contributed by atoms with E-state index < -0.39 is 0 Å². The first-order valence-electron chi connectivity index (χ1n) is 5.30. The molecular weight excluding hydrogens is 298 g/mol. The highest BCUT2D eigenvalue weighted by Crippen LogP contribution is 2.40. The summed E-state index contributed by atoms with van der Waals surface area (Å²) in [6.45, 7) is 1.92. The number of nitrogens with zero attached hydrogens (tertiary/aromatic N) is 1. The van der Waals surface area contributed by atoms with Gasteiger partial charge in [-0.2, -0.15) is 5.10 Å². The van der Waals surface area contributed by atoms with Gasteiger partial charge in [0.25, 0.3) is 0 Å². The van der Waals surface area contributed by atoms with E-state index in [0.29, 0.717) is 17.3 Å². The van der Waals surface area contributed by atoms with E-state index in [4.69, 9.17) is 15.2 Å². The van der Waals surface area contributed by atoms with Crippen LogP contribution in [0.1, 0.15) is 5.69 Å². The number of hydrogen-bond donors (Lipinski definition) is 2. The highest BCUT2D eigenvalue weighted by atomic mass is 79.9. The summed E-state index contributed by atoms with van der Waals surface area (Å²) in [4.78, 5) is 0. The number of nitrogens with one attached hydrogen (secondary N) is 1. The standard InChI is InChI=1S/C12H14BrN3O2/c1-6-11(12(14)16-15-6)7-4-9(17-2)10(18-3)5-8(7)13/h4-5H,1-3H3,(H3,14,15,16). The Morgan fingerprint density at radius 3 is 2.33 bits per heavy atom. The molecule has 0 saturated heterocycles. The van der Waals surface area contributed by atoms with E-state index in [-0.39, 0.29) is 0 Å². The number of aromatic amines is 1. The number of rotatable bonds is 3. The summed E-state index contributed by atoms with van der Waals surface area (Å²) >= 11 is 3.51. The van der Waals surface area contributed by atoms with Crippen LogP contribution >= 0.6 is 15.9 Å². The van der Waals surface area contributed by atoms with E-state index in [1.54, 1.807) is 14.2 Å². The van der Waals surface area contributed by atoms with Gasteiger partial charge in [0.05, 0.1) is 14.2 Å². The van der Waals surface area contributed by atoms with Gasteiger partial charge in [-0.25, -0.2) is 0 Å². The van der Waals surface area contributed by atoms with E-state index in [9.17, 15) is 0 Å². The number of benzene rings is 1. The predicted octanol–water partition coefficient (Wildman–Crippen LogP) is 2.75. The van der Waals surface area contributed by atoms with Crippen molar-refractivity contribution in [2.45, 2.75) is 6.92 Å². The molecule has 0 unspecified atom stereocenters. The number of halogens is 1. The van der Waals surface area contributed by atoms with Gasteiger partial charge in [-0.1, -0.05) is 15.9 Å². The van der Waals surface area contributed by atoms with Crippen molar-refractivity contribution in [1.29, 1.82) is 0 Å². The molecule has 1 heterocycles.